The van der Waals surface area contributed by atoms with Gasteiger partial charge in [0.25, 0.3) is 0 Å². The van der Waals surface area contributed by atoms with Crippen molar-refractivity contribution in [3.8, 4) is 0 Å². The van der Waals surface area contributed by atoms with Crippen molar-refractivity contribution < 1.29 is 0 Å². The highest BCUT2D eigenvalue weighted by Crippen LogP contribution is 2.24. The molecular weight excluding hydrogens is 258 g/mol. The Morgan fingerprint density at radius 1 is 1.37 bits per heavy atom. The molecule has 0 radical (unpaired) electrons. The number of nitrogens with zero attached hydrogens (tertiary/aromatic N) is 4. The molecule has 1 N–H and O–H groups in total. The van der Waals surface area contributed by atoms with Crippen LogP contribution in [0.25, 0.3) is 0 Å². The van der Waals surface area contributed by atoms with Gasteiger partial charge in [-0.1, -0.05) is 18.3 Å². The summed E-state index contributed by atoms with van der Waals surface area (Å²) in [6.45, 7) is 8.20. The molecule has 0 aliphatic carbocycles. The van der Waals surface area contributed by atoms with Crippen molar-refractivity contribution in [3.05, 3.63) is 28.5 Å². The number of nitrogens with one attached hydrogen (secondary N) is 1. The van der Waals surface area contributed by atoms with Crippen LogP contribution in [0, 0.1) is 0 Å². The van der Waals surface area contributed by atoms with Crippen molar-refractivity contribution in [2.45, 2.75) is 46.2 Å². The SMILES string of the molecule is CCNC(Cc1cnn(CC)c1)c1snnc1CC. The number of aryl methyl sites for hydroxylation is 2. The van der Waals surface area contributed by atoms with Crippen LogP contribution in [0.4, 0.5) is 0 Å². The molecule has 6 heteroatoms. The molecule has 0 bridgehead atoms. The van der Waals surface area contributed by atoms with Crippen LogP contribution in [-0.2, 0) is 19.4 Å². The van der Waals surface area contributed by atoms with Crippen molar-refractivity contribution in [3.63, 3.8) is 0 Å². The zero-order valence-corrected chi connectivity index (χ0v) is 12.6. The Hall–Kier alpha value is -1.27. The fraction of sp³-hybridized carbons (Fsp3) is 0.615. The highest BCUT2D eigenvalue weighted by atomic mass is 32.1. The first kappa shape index (κ1) is 14.1. The third-order valence-electron chi connectivity index (χ3n) is 3.14. The minimum absolute atomic E-state index is 0.287. The van der Waals surface area contributed by atoms with E-state index in [1.165, 1.54) is 22.0 Å². The average Bonchev–Trinajstić information content (AvgIpc) is 3.06. The summed E-state index contributed by atoms with van der Waals surface area (Å²) < 4.78 is 6.05. The van der Waals surface area contributed by atoms with E-state index in [1.807, 2.05) is 10.9 Å². The van der Waals surface area contributed by atoms with E-state index in [-0.39, 0.29) is 6.04 Å². The molecule has 5 nitrogen and oxygen atoms in total. The Bertz CT molecular complexity index is 505. The van der Waals surface area contributed by atoms with Gasteiger partial charge in [-0.15, -0.1) is 5.10 Å². The summed E-state index contributed by atoms with van der Waals surface area (Å²) in [6, 6.07) is 0.287. The molecule has 0 aromatic carbocycles. The van der Waals surface area contributed by atoms with Gasteiger partial charge < -0.3 is 5.32 Å². The van der Waals surface area contributed by atoms with Crippen molar-refractivity contribution in [1.29, 1.82) is 0 Å². The molecule has 2 aromatic heterocycles. The Labute approximate surface area is 118 Å². The molecule has 0 spiro atoms. The maximum atomic E-state index is 4.33. The Morgan fingerprint density at radius 2 is 2.21 bits per heavy atom. The van der Waals surface area contributed by atoms with Crippen LogP contribution < -0.4 is 5.32 Å². The predicted octanol–water partition coefficient (Wildman–Crippen LogP) is 2.21. The normalized spacial score (nSPS) is 12.8. The molecule has 0 amide bonds. The number of hydrogen-bond acceptors (Lipinski definition) is 5. The number of hydrogen-bond donors (Lipinski definition) is 1. The Kier molecular flexibility index (Phi) is 5.04. The van der Waals surface area contributed by atoms with Gasteiger partial charge in [-0.3, -0.25) is 4.68 Å². The fourth-order valence-corrected chi connectivity index (χ4v) is 2.96. The van der Waals surface area contributed by atoms with Crippen LogP contribution in [-0.4, -0.2) is 25.9 Å². The lowest BCUT2D eigenvalue weighted by Gasteiger charge is -2.15. The van der Waals surface area contributed by atoms with Crippen molar-refractivity contribution in [2.24, 2.45) is 0 Å². The van der Waals surface area contributed by atoms with Crippen LogP contribution in [0.15, 0.2) is 12.4 Å². The van der Waals surface area contributed by atoms with Gasteiger partial charge in [0, 0.05) is 18.8 Å². The number of rotatable bonds is 7. The van der Waals surface area contributed by atoms with E-state index < -0.39 is 0 Å². The van der Waals surface area contributed by atoms with Gasteiger partial charge in [-0.2, -0.15) is 5.10 Å². The third-order valence-corrected chi connectivity index (χ3v) is 4.02. The van der Waals surface area contributed by atoms with E-state index in [2.05, 4.69) is 47.0 Å². The minimum Gasteiger partial charge on any atom is -0.309 e. The van der Waals surface area contributed by atoms with E-state index in [0.29, 0.717) is 0 Å². The molecule has 2 heterocycles. The second-order valence-electron chi connectivity index (χ2n) is 4.46. The molecule has 0 saturated heterocycles. The second-order valence-corrected chi connectivity index (χ2v) is 5.24. The first-order valence-electron chi connectivity index (χ1n) is 6.84. The Balaban J connectivity index is 2.16. The standard InChI is InChI=1S/C13H21N5S/c1-4-11-13(19-17-16-11)12(14-5-2)7-10-8-15-18(6-3)9-10/h8-9,12,14H,4-7H2,1-3H3. The number of likely N-dealkylation sites (N-methyl/N-ethyl adjacent to an activating group) is 1. The average molecular weight is 279 g/mol. The summed E-state index contributed by atoms with van der Waals surface area (Å²) in [5, 5.41) is 12.1. The lowest BCUT2D eigenvalue weighted by atomic mass is 10.1. The largest absolute Gasteiger partial charge is 0.309 e. The van der Waals surface area contributed by atoms with Gasteiger partial charge in [-0.25, -0.2) is 0 Å². The van der Waals surface area contributed by atoms with Crippen LogP contribution in [0.3, 0.4) is 0 Å². The summed E-state index contributed by atoms with van der Waals surface area (Å²) in [7, 11) is 0. The van der Waals surface area contributed by atoms with Crippen LogP contribution in [0.1, 0.15) is 42.9 Å². The monoisotopic (exact) mass is 279 g/mol. The molecule has 2 rings (SSSR count). The van der Waals surface area contributed by atoms with Crippen molar-refractivity contribution in [2.75, 3.05) is 6.54 Å². The van der Waals surface area contributed by atoms with Crippen LogP contribution >= 0.6 is 11.5 Å². The summed E-state index contributed by atoms with van der Waals surface area (Å²) in [6.07, 6.45) is 5.94. The molecule has 19 heavy (non-hydrogen) atoms. The lowest BCUT2D eigenvalue weighted by Crippen LogP contribution is -2.23. The summed E-state index contributed by atoms with van der Waals surface area (Å²) in [5.41, 5.74) is 2.36. The van der Waals surface area contributed by atoms with E-state index >= 15 is 0 Å². The molecular formula is C13H21N5S. The van der Waals surface area contributed by atoms with Crippen LogP contribution in [0.5, 0.6) is 0 Å². The first-order valence-corrected chi connectivity index (χ1v) is 7.61. The molecule has 2 aromatic rings. The second kappa shape index (κ2) is 6.77. The molecule has 0 saturated carbocycles. The zero-order chi connectivity index (χ0) is 13.7. The number of aromatic nitrogens is 4. The third kappa shape index (κ3) is 3.39. The van der Waals surface area contributed by atoms with Gasteiger partial charge in [0.15, 0.2) is 0 Å². The van der Waals surface area contributed by atoms with Gasteiger partial charge in [0.1, 0.15) is 0 Å². The smallest absolute Gasteiger partial charge is 0.0801 e. The molecule has 1 unspecified atom stereocenters. The molecule has 0 aliphatic rings. The van der Waals surface area contributed by atoms with E-state index in [9.17, 15) is 0 Å². The van der Waals surface area contributed by atoms with Gasteiger partial charge in [0.05, 0.1) is 16.8 Å². The highest BCUT2D eigenvalue weighted by Gasteiger charge is 2.18. The minimum atomic E-state index is 0.287. The van der Waals surface area contributed by atoms with Crippen molar-refractivity contribution in [1.82, 2.24) is 24.7 Å². The molecule has 0 aliphatic heterocycles. The topological polar surface area (TPSA) is 55.6 Å². The van der Waals surface area contributed by atoms with Gasteiger partial charge in [0.2, 0.25) is 0 Å². The molecule has 0 fully saturated rings. The maximum absolute atomic E-state index is 4.33. The zero-order valence-electron chi connectivity index (χ0n) is 11.8. The fourth-order valence-electron chi connectivity index (χ4n) is 2.15. The predicted molar refractivity (Wildman–Crippen MR) is 77.3 cm³/mol. The first-order chi connectivity index (χ1) is 9.28. The Morgan fingerprint density at radius 3 is 2.84 bits per heavy atom. The molecule has 1 atom stereocenters. The van der Waals surface area contributed by atoms with E-state index in [4.69, 9.17) is 0 Å². The maximum Gasteiger partial charge on any atom is 0.0801 e. The van der Waals surface area contributed by atoms with Crippen LogP contribution in [0.2, 0.25) is 0 Å². The summed E-state index contributed by atoms with van der Waals surface area (Å²) in [4.78, 5) is 1.26. The quantitative estimate of drug-likeness (QED) is 0.844. The van der Waals surface area contributed by atoms with E-state index in [0.717, 1.165) is 31.6 Å². The van der Waals surface area contributed by atoms with Gasteiger partial charge >= 0.3 is 0 Å². The van der Waals surface area contributed by atoms with Crippen molar-refractivity contribution >= 4 is 11.5 Å². The lowest BCUT2D eigenvalue weighted by molar-refractivity contribution is 0.552. The summed E-state index contributed by atoms with van der Waals surface area (Å²) >= 11 is 1.50. The highest BCUT2D eigenvalue weighted by molar-refractivity contribution is 7.05. The van der Waals surface area contributed by atoms with Gasteiger partial charge in [-0.05, 0) is 43.4 Å². The van der Waals surface area contributed by atoms with E-state index in [1.54, 1.807) is 0 Å². The summed E-state index contributed by atoms with van der Waals surface area (Å²) in [5.74, 6) is 0. The molecule has 104 valence electrons.